The van der Waals surface area contributed by atoms with Gasteiger partial charge in [0.05, 0.1) is 11.1 Å². The molecular weight excluding hydrogens is 347 g/mol. The number of hydrogen-bond donors (Lipinski definition) is 2. The molecule has 0 saturated carbocycles. The minimum atomic E-state index is -0.462. The third kappa shape index (κ3) is 5.35. The van der Waals surface area contributed by atoms with Crippen molar-refractivity contribution in [3.05, 3.63) is 58.4 Å². The van der Waals surface area contributed by atoms with Crippen LogP contribution in [-0.4, -0.2) is 17.8 Å². The fourth-order valence-electron chi connectivity index (χ4n) is 2.03. The zero-order valence-corrected chi connectivity index (χ0v) is 15.4. The number of anilines is 1. The summed E-state index contributed by atoms with van der Waals surface area (Å²) in [7, 11) is 0. The summed E-state index contributed by atoms with van der Waals surface area (Å²) in [5, 5.41) is 6.56. The Hall–Kier alpha value is -1.85. The molecule has 0 heterocycles. The molecule has 128 valence electrons. The number of halogens is 2. The Morgan fingerprint density at radius 1 is 1.21 bits per heavy atom. The van der Waals surface area contributed by atoms with Crippen LogP contribution in [0.25, 0.3) is 0 Å². The van der Waals surface area contributed by atoms with Crippen LogP contribution in [0.1, 0.15) is 18.1 Å². The van der Waals surface area contributed by atoms with Crippen LogP contribution in [0, 0.1) is 19.7 Å². The Kier molecular flexibility index (Phi) is 6.40. The topological polar surface area (TPSA) is 33.3 Å². The molecule has 2 N–H and O–H groups in total. The SMILES string of the molecule is Cc1ccc(OC[C@H](C)NC(=S)Nc2ccc(F)c(Cl)c2)cc1C. The zero-order valence-electron chi connectivity index (χ0n) is 13.8. The highest BCUT2D eigenvalue weighted by atomic mass is 35.5. The Labute approximate surface area is 152 Å². The van der Waals surface area contributed by atoms with Gasteiger partial charge < -0.3 is 15.4 Å². The summed E-state index contributed by atoms with van der Waals surface area (Å²) < 4.78 is 18.9. The Balaban J connectivity index is 1.82. The molecule has 6 heteroatoms. The second-order valence-corrected chi connectivity index (χ2v) is 6.50. The molecule has 0 aliphatic heterocycles. The number of aryl methyl sites for hydroxylation is 2. The monoisotopic (exact) mass is 366 g/mol. The lowest BCUT2D eigenvalue weighted by molar-refractivity contribution is 0.287. The first-order valence-electron chi connectivity index (χ1n) is 7.58. The van der Waals surface area contributed by atoms with Gasteiger partial charge in [0, 0.05) is 5.69 Å². The van der Waals surface area contributed by atoms with Crippen LogP contribution < -0.4 is 15.4 Å². The summed E-state index contributed by atoms with van der Waals surface area (Å²) in [5.74, 6) is 0.368. The largest absolute Gasteiger partial charge is 0.491 e. The number of nitrogens with one attached hydrogen (secondary N) is 2. The van der Waals surface area contributed by atoms with E-state index >= 15 is 0 Å². The van der Waals surface area contributed by atoms with E-state index in [1.165, 1.54) is 23.3 Å². The summed E-state index contributed by atoms with van der Waals surface area (Å²) in [6, 6.07) is 10.4. The Morgan fingerprint density at radius 2 is 1.96 bits per heavy atom. The van der Waals surface area contributed by atoms with Crippen molar-refractivity contribution in [2.75, 3.05) is 11.9 Å². The molecule has 0 bridgehead atoms. The van der Waals surface area contributed by atoms with Gasteiger partial charge in [0.25, 0.3) is 0 Å². The molecule has 2 rings (SSSR count). The third-order valence-corrected chi connectivity index (χ3v) is 4.04. The van der Waals surface area contributed by atoms with E-state index in [0.29, 0.717) is 17.4 Å². The molecule has 0 unspecified atom stereocenters. The standard InChI is InChI=1S/C18H20ClFN2OS/c1-11-4-6-15(8-12(11)2)23-10-13(3)21-18(24)22-14-5-7-17(20)16(19)9-14/h4-9,13H,10H2,1-3H3,(H2,21,22,24)/t13-/m0/s1. The molecule has 2 aromatic carbocycles. The molecular formula is C18H20ClFN2OS. The molecule has 0 radical (unpaired) electrons. The zero-order chi connectivity index (χ0) is 17.7. The molecule has 2 aromatic rings. The Morgan fingerprint density at radius 3 is 2.62 bits per heavy atom. The first-order chi connectivity index (χ1) is 11.3. The summed E-state index contributed by atoms with van der Waals surface area (Å²) in [5.41, 5.74) is 3.05. The highest BCUT2D eigenvalue weighted by molar-refractivity contribution is 7.80. The lowest BCUT2D eigenvalue weighted by Gasteiger charge is -2.18. The normalized spacial score (nSPS) is 11.7. The molecule has 0 spiro atoms. The van der Waals surface area contributed by atoms with Crippen LogP contribution in [0.4, 0.5) is 10.1 Å². The van der Waals surface area contributed by atoms with Gasteiger partial charge in [-0.3, -0.25) is 0 Å². The summed E-state index contributed by atoms with van der Waals surface area (Å²) >= 11 is 11.0. The van der Waals surface area contributed by atoms with E-state index in [4.69, 9.17) is 28.6 Å². The maximum absolute atomic E-state index is 13.1. The number of thiocarbonyl (C=S) groups is 1. The van der Waals surface area contributed by atoms with Gasteiger partial charge in [0.1, 0.15) is 18.2 Å². The second-order valence-electron chi connectivity index (χ2n) is 5.69. The highest BCUT2D eigenvalue weighted by Gasteiger charge is 2.07. The van der Waals surface area contributed by atoms with E-state index in [-0.39, 0.29) is 11.1 Å². The van der Waals surface area contributed by atoms with Gasteiger partial charge in [-0.2, -0.15) is 0 Å². The lowest BCUT2D eigenvalue weighted by atomic mass is 10.1. The van der Waals surface area contributed by atoms with Crippen molar-refractivity contribution < 1.29 is 9.13 Å². The smallest absolute Gasteiger partial charge is 0.171 e. The fourth-order valence-corrected chi connectivity index (χ4v) is 2.53. The molecule has 24 heavy (non-hydrogen) atoms. The van der Waals surface area contributed by atoms with Gasteiger partial charge in [-0.05, 0) is 74.4 Å². The third-order valence-electron chi connectivity index (χ3n) is 3.53. The molecule has 0 aromatic heterocycles. The van der Waals surface area contributed by atoms with E-state index in [9.17, 15) is 4.39 Å². The molecule has 0 amide bonds. The summed E-state index contributed by atoms with van der Waals surface area (Å²) in [6.45, 7) is 6.55. The van der Waals surface area contributed by atoms with Crippen LogP contribution in [0.5, 0.6) is 5.75 Å². The molecule has 0 aliphatic rings. The van der Waals surface area contributed by atoms with Crippen molar-refractivity contribution >= 4 is 34.6 Å². The van der Waals surface area contributed by atoms with Crippen molar-refractivity contribution in [3.8, 4) is 5.75 Å². The van der Waals surface area contributed by atoms with Gasteiger partial charge in [-0.1, -0.05) is 17.7 Å². The first kappa shape index (κ1) is 18.5. The fraction of sp³-hybridized carbons (Fsp3) is 0.278. The van der Waals surface area contributed by atoms with Crippen LogP contribution in [-0.2, 0) is 0 Å². The van der Waals surface area contributed by atoms with Crippen molar-refractivity contribution in [1.29, 1.82) is 0 Å². The number of rotatable bonds is 5. The predicted molar refractivity (Wildman–Crippen MR) is 102 cm³/mol. The second kappa shape index (κ2) is 8.31. The van der Waals surface area contributed by atoms with Gasteiger partial charge >= 0.3 is 0 Å². The Bertz CT molecular complexity index is 739. The number of ether oxygens (including phenoxy) is 1. The van der Waals surface area contributed by atoms with Gasteiger partial charge in [0.15, 0.2) is 5.11 Å². The molecule has 1 atom stereocenters. The van der Waals surface area contributed by atoms with E-state index in [1.54, 1.807) is 6.07 Å². The van der Waals surface area contributed by atoms with Crippen molar-refractivity contribution in [2.45, 2.75) is 26.8 Å². The van der Waals surface area contributed by atoms with Crippen molar-refractivity contribution in [2.24, 2.45) is 0 Å². The minimum Gasteiger partial charge on any atom is -0.491 e. The van der Waals surface area contributed by atoms with E-state index in [2.05, 4.69) is 24.5 Å². The molecule has 0 saturated heterocycles. The number of benzene rings is 2. The lowest BCUT2D eigenvalue weighted by Crippen LogP contribution is -2.39. The maximum atomic E-state index is 13.1. The summed E-state index contributed by atoms with van der Waals surface area (Å²) in [4.78, 5) is 0. The van der Waals surface area contributed by atoms with E-state index in [0.717, 1.165) is 5.75 Å². The average Bonchev–Trinajstić information content (AvgIpc) is 2.52. The molecule has 3 nitrogen and oxygen atoms in total. The van der Waals surface area contributed by atoms with Crippen LogP contribution >= 0.6 is 23.8 Å². The van der Waals surface area contributed by atoms with Crippen molar-refractivity contribution in [1.82, 2.24) is 5.32 Å². The van der Waals surface area contributed by atoms with E-state index < -0.39 is 5.82 Å². The summed E-state index contributed by atoms with van der Waals surface area (Å²) in [6.07, 6.45) is 0. The molecule has 0 fully saturated rings. The van der Waals surface area contributed by atoms with Crippen LogP contribution in [0.3, 0.4) is 0 Å². The van der Waals surface area contributed by atoms with E-state index in [1.807, 2.05) is 25.1 Å². The van der Waals surface area contributed by atoms with Crippen LogP contribution in [0.15, 0.2) is 36.4 Å². The molecule has 0 aliphatic carbocycles. The predicted octanol–water partition coefficient (Wildman–Crippen LogP) is 4.85. The first-order valence-corrected chi connectivity index (χ1v) is 8.36. The maximum Gasteiger partial charge on any atom is 0.171 e. The van der Waals surface area contributed by atoms with Gasteiger partial charge in [-0.25, -0.2) is 4.39 Å². The van der Waals surface area contributed by atoms with Crippen molar-refractivity contribution in [3.63, 3.8) is 0 Å². The minimum absolute atomic E-state index is 0.00234. The number of hydrogen-bond acceptors (Lipinski definition) is 2. The van der Waals surface area contributed by atoms with Gasteiger partial charge in [0.2, 0.25) is 0 Å². The van der Waals surface area contributed by atoms with Gasteiger partial charge in [-0.15, -0.1) is 0 Å². The van der Waals surface area contributed by atoms with Crippen LogP contribution in [0.2, 0.25) is 5.02 Å². The highest BCUT2D eigenvalue weighted by Crippen LogP contribution is 2.19. The average molecular weight is 367 g/mol. The quantitative estimate of drug-likeness (QED) is 0.741.